The van der Waals surface area contributed by atoms with Crippen LogP contribution in [0.2, 0.25) is 0 Å². The van der Waals surface area contributed by atoms with E-state index in [1.807, 2.05) is 0 Å². The molecule has 1 aromatic rings. The minimum atomic E-state index is -4.34. The van der Waals surface area contributed by atoms with E-state index >= 15 is 0 Å². The van der Waals surface area contributed by atoms with Crippen LogP contribution in [0.5, 0.6) is 0 Å². The molecule has 1 atom stereocenters. The van der Waals surface area contributed by atoms with Gasteiger partial charge in [0.15, 0.2) is 0 Å². The fourth-order valence-electron chi connectivity index (χ4n) is 1.53. The average Bonchev–Trinajstić information content (AvgIpc) is 2.57. The normalized spacial score (nSPS) is 20.1. The van der Waals surface area contributed by atoms with Crippen LogP contribution < -0.4 is 0 Å². The molecule has 15 heavy (non-hydrogen) atoms. The summed E-state index contributed by atoms with van der Waals surface area (Å²) in [6.45, 7) is 0. The Labute approximate surface area is 88.7 Å². The van der Waals surface area contributed by atoms with Gasteiger partial charge < -0.3 is 4.79 Å². The van der Waals surface area contributed by atoms with E-state index in [0.29, 0.717) is 17.6 Å². The maximum Gasteiger partial charge on any atom is 0.416 e. The van der Waals surface area contributed by atoms with Crippen molar-refractivity contribution in [2.24, 2.45) is 0 Å². The van der Waals surface area contributed by atoms with Crippen LogP contribution in [0.3, 0.4) is 0 Å². The molecule has 0 N–H and O–H groups in total. The van der Waals surface area contributed by atoms with E-state index < -0.39 is 17.7 Å². The second-order valence-electron chi connectivity index (χ2n) is 3.30. The van der Waals surface area contributed by atoms with Gasteiger partial charge in [-0.2, -0.15) is 13.2 Å². The van der Waals surface area contributed by atoms with E-state index in [2.05, 4.69) is 0 Å². The average molecular weight is 232 g/mol. The van der Waals surface area contributed by atoms with Crippen molar-refractivity contribution in [3.8, 4) is 0 Å². The van der Waals surface area contributed by atoms with E-state index in [9.17, 15) is 18.0 Å². The highest BCUT2D eigenvalue weighted by atomic mass is 32.2. The third-order valence-electron chi connectivity index (χ3n) is 2.32. The lowest BCUT2D eigenvalue weighted by Gasteiger charge is -2.09. The molecule has 0 fully saturated rings. The van der Waals surface area contributed by atoms with Crippen molar-refractivity contribution in [1.29, 1.82) is 0 Å². The van der Waals surface area contributed by atoms with Gasteiger partial charge in [-0.1, -0.05) is 0 Å². The molecule has 0 spiro atoms. The van der Waals surface area contributed by atoms with Crippen molar-refractivity contribution in [3.05, 3.63) is 29.3 Å². The number of aldehydes is 1. The first-order chi connectivity index (χ1) is 7.02. The monoisotopic (exact) mass is 232 g/mol. The van der Waals surface area contributed by atoms with Crippen molar-refractivity contribution < 1.29 is 18.0 Å². The van der Waals surface area contributed by atoms with Crippen molar-refractivity contribution in [2.75, 3.05) is 5.75 Å². The van der Waals surface area contributed by atoms with Gasteiger partial charge >= 0.3 is 6.18 Å². The lowest BCUT2D eigenvalue weighted by Crippen LogP contribution is -2.06. The third-order valence-corrected chi connectivity index (χ3v) is 3.53. The Hall–Kier alpha value is -0.970. The van der Waals surface area contributed by atoms with Gasteiger partial charge in [0, 0.05) is 10.6 Å². The Morgan fingerprint density at radius 3 is 2.73 bits per heavy atom. The summed E-state index contributed by atoms with van der Waals surface area (Å²) in [4.78, 5) is 11.4. The van der Waals surface area contributed by atoms with Crippen LogP contribution in [0, 0.1) is 0 Å². The van der Waals surface area contributed by atoms with Crippen LogP contribution in [-0.4, -0.2) is 12.0 Å². The van der Waals surface area contributed by atoms with E-state index in [1.165, 1.54) is 17.8 Å². The Morgan fingerprint density at radius 1 is 1.40 bits per heavy atom. The fraction of sp³-hybridized carbons (Fsp3) is 0.300. The second-order valence-corrected chi connectivity index (χ2v) is 4.37. The highest BCUT2D eigenvalue weighted by Gasteiger charge is 2.33. The van der Waals surface area contributed by atoms with E-state index in [0.717, 1.165) is 17.0 Å². The number of hydrogen-bond acceptors (Lipinski definition) is 2. The van der Waals surface area contributed by atoms with Gasteiger partial charge in [0.2, 0.25) is 0 Å². The van der Waals surface area contributed by atoms with Gasteiger partial charge in [0.05, 0.1) is 11.5 Å². The molecular formula is C10H7F3OS. The predicted molar refractivity (Wildman–Crippen MR) is 51.0 cm³/mol. The van der Waals surface area contributed by atoms with Crippen LogP contribution in [0.4, 0.5) is 13.2 Å². The molecule has 1 aromatic carbocycles. The molecule has 0 radical (unpaired) electrons. The zero-order valence-corrected chi connectivity index (χ0v) is 8.36. The molecule has 1 aliphatic heterocycles. The van der Waals surface area contributed by atoms with Crippen LogP contribution >= 0.6 is 11.8 Å². The summed E-state index contributed by atoms with van der Waals surface area (Å²) < 4.78 is 37.2. The summed E-state index contributed by atoms with van der Waals surface area (Å²) in [7, 11) is 0. The van der Waals surface area contributed by atoms with Gasteiger partial charge in [-0.05, 0) is 23.8 Å². The molecule has 1 heterocycles. The molecule has 0 aliphatic carbocycles. The molecule has 1 aliphatic rings. The van der Waals surface area contributed by atoms with Crippen molar-refractivity contribution >= 4 is 18.0 Å². The molecule has 0 saturated heterocycles. The van der Waals surface area contributed by atoms with Crippen LogP contribution in [0.15, 0.2) is 23.1 Å². The molecule has 0 amide bonds. The summed E-state index contributed by atoms with van der Waals surface area (Å²) in [6, 6.07) is 3.57. The quantitative estimate of drug-likeness (QED) is 0.692. The first-order valence-electron chi connectivity index (χ1n) is 4.31. The minimum absolute atomic E-state index is 0.396. The lowest BCUT2D eigenvalue weighted by molar-refractivity contribution is -0.137. The van der Waals surface area contributed by atoms with E-state index in [1.54, 1.807) is 0 Å². The minimum Gasteiger partial charge on any atom is -0.303 e. The van der Waals surface area contributed by atoms with Crippen molar-refractivity contribution in [2.45, 2.75) is 17.0 Å². The summed E-state index contributed by atoms with van der Waals surface area (Å²) in [5.74, 6) is 0.146. The summed E-state index contributed by atoms with van der Waals surface area (Å²) >= 11 is 1.42. The molecule has 5 heteroatoms. The van der Waals surface area contributed by atoms with E-state index in [4.69, 9.17) is 0 Å². The van der Waals surface area contributed by atoms with Gasteiger partial charge in [0.25, 0.3) is 0 Å². The Balaban J connectivity index is 2.45. The maximum absolute atomic E-state index is 12.4. The number of rotatable bonds is 1. The number of halogens is 3. The highest BCUT2D eigenvalue weighted by molar-refractivity contribution is 7.99. The molecule has 0 aromatic heterocycles. The van der Waals surface area contributed by atoms with Gasteiger partial charge in [0.1, 0.15) is 6.29 Å². The molecular weight excluding hydrogens is 225 g/mol. The zero-order chi connectivity index (χ0) is 11.1. The standard InChI is InChI=1S/C10H7F3OS/c11-10(12,13)7-1-2-9-8(3-7)6(4-14)5-15-9/h1-4,6H,5H2. The van der Waals surface area contributed by atoms with Crippen molar-refractivity contribution in [1.82, 2.24) is 0 Å². The van der Waals surface area contributed by atoms with Gasteiger partial charge in [-0.15, -0.1) is 11.8 Å². The Bertz CT molecular complexity index is 400. The largest absolute Gasteiger partial charge is 0.416 e. The number of hydrogen-bond donors (Lipinski definition) is 0. The smallest absolute Gasteiger partial charge is 0.303 e. The number of fused-ring (bicyclic) bond motifs is 1. The zero-order valence-electron chi connectivity index (χ0n) is 7.54. The molecule has 1 unspecified atom stereocenters. The van der Waals surface area contributed by atoms with Crippen LogP contribution in [0.1, 0.15) is 17.0 Å². The van der Waals surface area contributed by atoms with Crippen molar-refractivity contribution in [3.63, 3.8) is 0 Å². The van der Waals surface area contributed by atoms with Crippen LogP contribution in [-0.2, 0) is 11.0 Å². The molecule has 2 rings (SSSR count). The fourth-order valence-corrected chi connectivity index (χ4v) is 2.69. The maximum atomic E-state index is 12.4. The third kappa shape index (κ3) is 1.88. The molecule has 0 saturated carbocycles. The first-order valence-corrected chi connectivity index (χ1v) is 5.30. The molecule has 80 valence electrons. The second kappa shape index (κ2) is 3.56. The Morgan fingerprint density at radius 2 is 2.13 bits per heavy atom. The Kier molecular flexibility index (Phi) is 2.50. The number of carbonyl (C=O) groups is 1. The summed E-state index contributed by atoms with van der Waals surface area (Å²) in [5, 5.41) is 0. The number of alkyl halides is 3. The van der Waals surface area contributed by atoms with E-state index in [-0.39, 0.29) is 0 Å². The summed E-state index contributed by atoms with van der Waals surface area (Å²) in [5.41, 5.74) is -0.180. The molecule has 1 nitrogen and oxygen atoms in total. The van der Waals surface area contributed by atoms with Gasteiger partial charge in [-0.25, -0.2) is 0 Å². The first kappa shape index (κ1) is 10.5. The number of thioether (sulfide) groups is 1. The molecule has 0 bridgehead atoms. The highest BCUT2D eigenvalue weighted by Crippen LogP contribution is 2.41. The van der Waals surface area contributed by atoms with Gasteiger partial charge in [-0.3, -0.25) is 0 Å². The SMILES string of the molecule is O=CC1CSc2ccc(C(F)(F)F)cc21. The predicted octanol–water partition coefficient (Wildman–Crippen LogP) is 3.09. The number of carbonyl (C=O) groups excluding carboxylic acids is 1. The topological polar surface area (TPSA) is 17.1 Å². The lowest BCUT2D eigenvalue weighted by atomic mass is 10.0. The number of benzene rings is 1. The summed E-state index contributed by atoms with van der Waals surface area (Å²) in [6.07, 6.45) is -3.63. The van der Waals surface area contributed by atoms with Crippen LogP contribution in [0.25, 0.3) is 0 Å².